The van der Waals surface area contributed by atoms with E-state index in [1.165, 1.54) is 16.7 Å². The number of aryl methyl sites for hydroxylation is 4. The molecule has 0 saturated carbocycles. The van der Waals surface area contributed by atoms with E-state index in [2.05, 4.69) is 115 Å². The standard InChI is InChI=1S/C43H31N5O.Pt/c1-27-10-8-11-28(2)42(27)31-15-17-36-37-18-16-34(24-40(37)48(39(36)22-31)41-14-6-7-19-45-41)49-35-21-32(20-33(23-35)44-5)38-25-47(26-46-38)43-29(3)12-9-13-30(43)4;/h6-20,22-23,25-26H,1-4H3;/q-2;+2. The Morgan fingerprint density at radius 3 is 2.18 bits per heavy atom. The predicted molar refractivity (Wildman–Crippen MR) is 196 cm³/mol. The van der Waals surface area contributed by atoms with E-state index in [1.54, 1.807) is 24.7 Å². The number of rotatable bonds is 6. The molecule has 5 aromatic carbocycles. The van der Waals surface area contributed by atoms with E-state index in [4.69, 9.17) is 16.3 Å². The number of imidazole rings is 1. The maximum atomic E-state index is 7.79. The van der Waals surface area contributed by atoms with Crippen molar-refractivity contribution in [2.75, 3.05) is 0 Å². The number of fused-ring (bicyclic) bond motifs is 3. The number of pyridine rings is 1. The van der Waals surface area contributed by atoms with Gasteiger partial charge in [-0.25, -0.2) is 4.98 Å². The van der Waals surface area contributed by atoms with E-state index in [0.29, 0.717) is 28.4 Å². The summed E-state index contributed by atoms with van der Waals surface area (Å²) in [6.45, 7) is 16.3. The second-order valence-corrected chi connectivity index (χ2v) is 12.3. The van der Waals surface area contributed by atoms with Gasteiger partial charge in [0.05, 0.1) is 18.6 Å². The molecule has 3 heterocycles. The van der Waals surface area contributed by atoms with Gasteiger partial charge < -0.3 is 13.9 Å². The van der Waals surface area contributed by atoms with Gasteiger partial charge in [0.25, 0.3) is 0 Å². The van der Waals surface area contributed by atoms with Crippen molar-refractivity contribution in [1.29, 1.82) is 0 Å². The van der Waals surface area contributed by atoms with Crippen LogP contribution < -0.4 is 4.74 Å². The fraction of sp³-hybridized carbons (Fsp3) is 0.0930. The average molecular weight is 829 g/mol. The predicted octanol–water partition coefficient (Wildman–Crippen LogP) is 10.9. The molecule has 3 aromatic heterocycles. The first kappa shape index (κ1) is 32.8. The molecule has 0 aliphatic rings. The monoisotopic (exact) mass is 828 g/mol. The molecule has 50 heavy (non-hydrogen) atoms. The summed E-state index contributed by atoms with van der Waals surface area (Å²) in [5.41, 5.74) is 11.9. The minimum absolute atomic E-state index is 0. The maximum absolute atomic E-state index is 7.79. The van der Waals surface area contributed by atoms with E-state index >= 15 is 0 Å². The Morgan fingerprint density at radius 2 is 1.46 bits per heavy atom. The zero-order valence-electron chi connectivity index (χ0n) is 27.9. The molecule has 0 amide bonds. The Labute approximate surface area is 305 Å². The van der Waals surface area contributed by atoms with Gasteiger partial charge in [-0.3, -0.25) is 9.83 Å². The minimum Gasteiger partial charge on any atom is -0.504 e. The van der Waals surface area contributed by atoms with Crippen molar-refractivity contribution < 1.29 is 25.8 Å². The third-order valence-corrected chi connectivity index (χ3v) is 9.03. The Balaban J connectivity index is 0.00000392. The summed E-state index contributed by atoms with van der Waals surface area (Å²) in [6, 6.07) is 39.5. The van der Waals surface area contributed by atoms with Gasteiger partial charge in [0.15, 0.2) is 0 Å². The molecule has 0 aliphatic heterocycles. The molecule has 244 valence electrons. The van der Waals surface area contributed by atoms with E-state index in [1.807, 2.05) is 35.0 Å². The number of nitrogens with zero attached hydrogens (tertiary/aromatic N) is 5. The third kappa shape index (κ3) is 5.80. The van der Waals surface area contributed by atoms with Crippen LogP contribution in [0, 0.1) is 46.4 Å². The van der Waals surface area contributed by atoms with Crippen molar-refractivity contribution in [1.82, 2.24) is 19.1 Å². The van der Waals surface area contributed by atoms with Gasteiger partial charge in [-0.05, 0) is 90.9 Å². The number of benzene rings is 5. The average Bonchev–Trinajstić information content (AvgIpc) is 3.71. The van der Waals surface area contributed by atoms with Crippen LogP contribution >= 0.6 is 0 Å². The molecule has 8 aromatic rings. The normalized spacial score (nSPS) is 11.0. The second kappa shape index (κ2) is 13.3. The van der Waals surface area contributed by atoms with Crippen molar-refractivity contribution in [3.63, 3.8) is 0 Å². The molecular weight excluding hydrogens is 798 g/mol. The van der Waals surface area contributed by atoms with Crippen molar-refractivity contribution in [2.24, 2.45) is 0 Å². The Morgan fingerprint density at radius 1 is 0.720 bits per heavy atom. The summed E-state index contributed by atoms with van der Waals surface area (Å²) in [4.78, 5) is 13.1. The molecule has 0 spiro atoms. The first-order valence-corrected chi connectivity index (χ1v) is 16.1. The second-order valence-electron chi connectivity index (χ2n) is 12.3. The van der Waals surface area contributed by atoms with E-state index in [-0.39, 0.29) is 21.1 Å². The first-order chi connectivity index (χ1) is 23.9. The largest absolute Gasteiger partial charge is 2.00 e. The summed E-state index contributed by atoms with van der Waals surface area (Å²) < 4.78 is 10.6. The summed E-state index contributed by atoms with van der Waals surface area (Å²) in [5, 5.41) is 2.14. The van der Waals surface area contributed by atoms with Crippen LogP contribution in [0.15, 0.2) is 116 Å². The summed E-state index contributed by atoms with van der Waals surface area (Å²) in [6.07, 6.45) is 5.57. The van der Waals surface area contributed by atoms with E-state index in [9.17, 15) is 0 Å². The summed E-state index contributed by atoms with van der Waals surface area (Å²) in [7, 11) is 0. The van der Waals surface area contributed by atoms with Gasteiger partial charge in [-0.15, -0.1) is 29.1 Å². The SMILES string of the molecule is [C-]#[N+]c1cc(Oc2[c-]c3c(cc2)c2ccc(-c4c(C)cccc4C)cc2n3-c2ccccn2)[c-]c(-c2cn(-c3c(C)cccc3C)cn2)c1.[Pt+2]. The van der Waals surface area contributed by atoms with Crippen molar-refractivity contribution in [3.8, 4) is 45.4 Å². The summed E-state index contributed by atoms with van der Waals surface area (Å²) >= 11 is 0. The number of hydrogen-bond acceptors (Lipinski definition) is 3. The zero-order chi connectivity index (χ0) is 33.6. The van der Waals surface area contributed by atoms with Crippen LogP contribution in [-0.4, -0.2) is 19.1 Å². The quantitative estimate of drug-likeness (QED) is 0.157. The van der Waals surface area contributed by atoms with Crippen LogP contribution in [-0.2, 0) is 21.1 Å². The smallest absolute Gasteiger partial charge is 0.504 e. The Kier molecular flexibility index (Phi) is 8.70. The molecule has 0 radical (unpaired) electrons. The van der Waals surface area contributed by atoms with Crippen LogP contribution in [0.4, 0.5) is 5.69 Å². The van der Waals surface area contributed by atoms with E-state index in [0.717, 1.165) is 50.0 Å². The zero-order valence-corrected chi connectivity index (χ0v) is 30.2. The maximum Gasteiger partial charge on any atom is 2.00 e. The van der Waals surface area contributed by atoms with Crippen LogP contribution in [0.3, 0.4) is 0 Å². The number of ether oxygens (including phenoxy) is 1. The molecule has 0 unspecified atom stereocenters. The molecule has 0 fully saturated rings. The van der Waals surface area contributed by atoms with Gasteiger partial charge in [-0.1, -0.05) is 72.2 Å². The van der Waals surface area contributed by atoms with Crippen LogP contribution in [0.5, 0.6) is 11.5 Å². The van der Waals surface area contributed by atoms with Crippen LogP contribution in [0.1, 0.15) is 22.3 Å². The molecule has 0 saturated heterocycles. The van der Waals surface area contributed by atoms with Gasteiger partial charge in [0.2, 0.25) is 0 Å². The molecule has 7 heteroatoms. The first-order valence-electron chi connectivity index (χ1n) is 16.1. The molecule has 6 nitrogen and oxygen atoms in total. The molecule has 0 bridgehead atoms. The number of aromatic nitrogens is 4. The third-order valence-electron chi connectivity index (χ3n) is 9.03. The van der Waals surface area contributed by atoms with Crippen LogP contribution in [0.25, 0.3) is 60.5 Å². The summed E-state index contributed by atoms with van der Waals surface area (Å²) in [5.74, 6) is 1.71. The molecule has 0 N–H and O–H groups in total. The van der Waals surface area contributed by atoms with E-state index < -0.39 is 0 Å². The van der Waals surface area contributed by atoms with Crippen molar-refractivity contribution in [3.05, 3.63) is 162 Å². The molecule has 0 atom stereocenters. The van der Waals surface area contributed by atoms with Gasteiger partial charge in [0, 0.05) is 28.9 Å². The Bertz CT molecular complexity index is 2550. The van der Waals surface area contributed by atoms with Gasteiger partial charge in [0.1, 0.15) is 11.5 Å². The topological polar surface area (TPSA) is 49.2 Å². The minimum atomic E-state index is 0. The van der Waals surface area contributed by atoms with Gasteiger partial charge in [-0.2, -0.15) is 6.07 Å². The van der Waals surface area contributed by atoms with Crippen molar-refractivity contribution in [2.45, 2.75) is 27.7 Å². The van der Waals surface area contributed by atoms with Gasteiger partial charge >= 0.3 is 21.1 Å². The van der Waals surface area contributed by atoms with Crippen LogP contribution in [0.2, 0.25) is 0 Å². The molecule has 8 rings (SSSR count). The number of hydrogen-bond donors (Lipinski definition) is 0. The van der Waals surface area contributed by atoms with Crippen molar-refractivity contribution >= 4 is 27.5 Å². The fourth-order valence-corrected chi connectivity index (χ4v) is 6.83. The fourth-order valence-electron chi connectivity index (χ4n) is 6.83. The molecule has 0 aliphatic carbocycles. The molecular formula is C43H31N5OPt. The Hall–Kier alpha value is -5.76. The number of para-hydroxylation sites is 1.